The van der Waals surface area contributed by atoms with Crippen molar-refractivity contribution in [3.05, 3.63) is 46.3 Å². The molecule has 0 fully saturated rings. The van der Waals surface area contributed by atoms with Crippen LogP contribution in [0.25, 0.3) is 0 Å². The Morgan fingerprint density at radius 1 is 1.18 bits per heavy atom. The summed E-state index contributed by atoms with van der Waals surface area (Å²) in [7, 11) is 1.56. The maximum absolute atomic E-state index is 15.5. The third kappa shape index (κ3) is 4.85. The second-order valence-electron chi connectivity index (χ2n) is 9.00. The Labute approximate surface area is 208 Å². The van der Waals surface area contributed by atoms with Crippen molar-refractivity contribution in [2.75, 3.05) is 32.6 Å². The van der Waals surface area contributed by atoms with Gasteiger partial charge < -0.3 is 24.8 Å². The van der Waals surface area contributed by atoms with Gasteiger partial charge >= 0.3 is 0 Å². The van der Waals surface area contributed by atoms with Crippen molar-refractivity contribution in [3.63, 3.8) is 0 Å². The van der Waals surface area contributed by atoms with Gasteiger partial charge in [-0.3, -0.25) is 4.79 Å². The number of hydrogen-bond acceptors (Lipinski definition) is 6. The van der Waals surface area contributed by atoms with E-state index in [2.05, 4.69) is 20.2 Å². The fourth-order valence-electron chi connectivity index (χ4n) is 4.09. The minimum Gasteiger partial charge on any atom is -0.494 e. The maximum atomic E-state index is 15.5. The Morgan fingerprint density at radius 2 is 1.85 bits per heavy atom. The van der Waals surface area contributed by atoms with Gasteiger partial charge in [-0.2, -0.15) is 4.02 Å². The fourth-order valence-corrected chi connectivity index (χ4v) is 4.50. The van der Waals surface area contributed by atoms with Crippen LogP contribution < -0.4 is 19.9 Å². The molecule has 7 nitrogen and oxygen atoms in total. The zero-order valence-corrected chi connectivity index (χ0v) is 22.0. The first-order valence-corrected chi connectivity index (χ1v) is 11.8. The van der Waals surface area contributed by atoms with E-state index >= 15 is 4.39 Å². The Morgan fingerprint density at radius 3 is 2.41 bits per heavy atom. The highest BCUT2D eigenvalue weighted by Crippen LogP contribution is 2.40. The third-order valence-electron chi connectivity index (χ3n) is 5.61. The van der Waals surface area contributed by atoms with Gasteiger partial charge in [0.2, 0.25) is 0 Å². The van der Waals surface area contributed by atoms with Gasteiger partial charge in [-0.15, -0.1) is 0 Å². The molecule has 0 unspecified atom stereocenters. The van der Waals surface area contributed by atoms with Crippen molar-refractivity contribution in [3.8, 4) is 17.2 Å². The number of hydrogen-bond donors (Lipinski definition) is 1. The monoisotopic (exact) mass is 535 g/mol. The number of nitrogens with two attached hydrogens (primary N) is 1. The summed E-state index contributed by atoms with van der Waals surface area (Å²) in [5.41, 5.74) is 8.58. The summed E-state index contributed by atoms with van der Waals surface area (Å²) in [6, 6.07) is 5.18. The first-order valence-electron chi connectivity index (χ1n) is 11.1. The van der Waals surface area contributed by atoms with E-state index < -0.39 is 5.82 Å². The minimum absolute atomic E-state index is 0.0121. The molecule has 0 atom stereocenters. The number of carbonyl (C=O) groups excluding carboxylic acids is 1. The summed E-state index contributed by atoms with van der Waals surface area (Å²) in [5, 5.41) is 0. The molecule has 1 aliphatic heterocycles. The van der Waals surface area contributed by atoms with Crippen LogP contribution in [-0.2, 0) is 12.0 Å². The lowest BCUT2D eigenvalue weighted by atomic mass is 9.84. The summed E-state index contributed by atoms with van der Waals surface area (Å²) in [6.45, 7) is 10.6. The second kappa shape index (κ2) is 10.2. The smallest absolute Gasteiger partial charge is 0.197 e. The minimum atomic E-state index is -0.556. The highest BCUT2D eigenvalue weighted by molar-refractivity contribution is 9.08. The van der Waals surface area contributed by atoms with Gasteiger partial charge in [0, 0.05) is 17.7 Å². The van der Waals surface area contributed by atoms with Gasteiger partial charge in [-0.05, 0) is 43.0 Å². The summed E-state index contributed by atoms with van der Waals surface area (Å²) in [6.07, 6.45) is 0. The lowest BCUT2D eigenvalue weighted by Crippen LogP contribution is -2.31. The van der Waals surface area contributed by atoms with Gasteiger partial charge in [-0.1, -0.05) is 20.8 Å². The molecular weight excluding hydrogens is 505 g/mol. The van der Waals surface area contributed by atoms with Crippen molar-refractivity contribution in [2.45, 2.75) is 46.6 Å². The number of benzene rings is 2. The van der Waals surface area contributed by atoms with Crippen LogP contribution in [0.5, 0.6) is 17.2 Å². The average molecular weight is 536 g/mol. The number of ether oxygens (including phenoxy) is 3. The van der Waals surface area contributed by atoms with Crippen LogP contribution in [0.15, 0.2) is 22.2 Å². The Bertz CT molecular complexity index is 1130. The molecule has 9 heteroatoms. The Kier molecular flexibility index (Phi) is 7.75. The molecule has 1 heterocycles. The number of anilines is 1. The highest BCUT2D eigenvalue weighted by atomic mass is 79.9. The van der Waals surface area contributed by atoms with Gasteiger partial charge in [0.25, 0.3) is 0 Å². The number of nitrogen functional groups attached to an aromatic ring is 1. The highest BCUT2D eigenvalue weighted by Gasteiger charge is 2.34. The van der Waals surface area contributed by atoms with Crippen molar-refractivity contribution in [1.82, 2.24) is 4.90 Å². The number of fused-ring (bicyclic) bond motifs is 1. The van der Waals surface area contributed by atoms with Gasteiger partial charge in [0.1, 0.15) is 11.6 Å². The zero-order chi connectivity index (χ0) is 25.2. The summed E-state index contributed by atoms with van der Waals surface area (Å²) in [4.78, 5) is 15.0. The number of ketones is 1. The van der Waals surface area contributed by atoms with E-state index in [4.69, 9.17) is 19.9 Å². The van der Waals surface area contributed by atoms with Crippen LogP contribution in [0.1, 0.15) is 61.7 Å². The molecule has 0 aliphatic carbocycles. The third-order valence-corrected chi connectivity index (χ3v) is 5.94. The van der Waals surface area contributed by atoms with Crippen molar-refractivity contribution in [1.29, 1.82) is 0 Å². The largest absolute Gasteiger partial charge is 0.494 e. The molecule has 2 N–H and O–H groups in total. The zero-order valence-electron chi connectivity index (χ0n) is 20.4. The molecule has 0 spiro atoms. The molecular formula is C25H31BrFN3O4. The molecule has 0 bridgehead atoms. The molecule has 184 valence electrons. The topological polar surface area (TPSA) is 86.4 Å². The van der Waals surface area contributed by atoms with Crippen LogP contribution >= 0.6 is 16.1 Å². The molecule has 0 aromatic heterocycles. The normalized spacial score (nSPS) is 14.4. The van der Waals surface area contributed by atoms with Crippen molar-refractivity contribution >= 4 is 33.5 Å². The maximum Gasteiger partial charge on any atom is 0.197 e. The predicted molar refractivity (Wildman–Crippen MR) is 135 cm³/mol. The molecule has 0 radical (unpaired) electrons. The Hall–Kier alpha value is -2.81. The molecule has 0 amide bonds. The quantitative estimate of drug-likeness (QED) is 0.366. The predicted octanol–water partition coefficient (Wildman–Crippen LogP) is 5.27. The fraction of sp³-hybridized carbons (Fsp3) is 0.440. The molecule has 2 aromatic rings. The summed E-state index contributed by atoms with van der Waals surface area (Å²) >= 11 is 3.11. The molecule has 0 saturated heterocycles. The van der Waals surface area contributed by atoms with Crippen molar-refractivity contribution < 1.29 is 23.4 Å². The number of halogens is 2. The number of rotatable bonds is 8. The van der Waals surface area contributed by atoms with Crippen molar-refractivity contribution in [2.24, 2.45) is 4.02 Å². The van der Waals surface area contributed by atoms with Crippen LogP contribution in [0.4, 0.5) is 10.1 Å². The Balaban J connectivity index is 1.97. The van der Waals surface area contributed by atoms with Crippen LogP contribution in [0.3, 0.4) is 0 Å². The second-order valence-corrected chi connectivity index (χ2v) is 9.36. The summed E-state index contributed by atoms with van der Waals surface area (Å²) in [5.74, 6) is 0.538. The van der Waals surface area contributed by atoms with E-state index in [9.17, 15) is 4.79 Å². The van der Waals surface area contributed by atoms with Gasteiger partial charge in [0.05, 0.1) is 54.3 Å². The van der Waals surface area contributed by atoms with Gasteiger partial charge in [-0.25, -0.2) is 4.39 Å². The molecule has 3 rings (SSSR count). The molecule has 2 aromatic carbocycles. The van der Waals surface area contributed by atoms with E-state index in [1.165, 1.54) is 0 Å². The number of methoxy groups -OCH3 is 1. The number of nitrogens with zero attached hydrogens (tertiary/aromatic N) is 2. The first-order chi connectivity index (χ1) is 16.1. The average Bonchev–Trinajstić information content (AvgIpc) is 3.12. The lowest BCUT2D eigenvalue weighted by Gasteiger charge is -2.24. The molecule has 0 saturated carbocycles. The SMILES string of the molecule is CCOc1cc2c(c(F)c1OCC)/C(=N/Br)N(CC(=O)c1cc(N)c(OC)c(C(C)(C)C)c1)C2. The summed E-state index contributed by atoms with van der Waals surface area (Å²) < 4.78 is 36.2. The van der Waals surface area contributed by atoms with E-state index in [0.717, 1.165) is 5.56 Å². The van der Waals surface area contributed by atoms with E-state index in [1.807, 2.05) is 33.8 Å². The number of carbonyl (C=O) groups is 1. The van der Waals surface area contributed by atoms with E-state index in [1.54, 1.807) is 31.1 Å². The first kappa shape index (κ1) is 25.8. The van der Waals surface area contributed by atoms with Crippen LogP contribution in [-0.4, -0.2) is 43.4 Å². The number of Topliss-reactive ketones (excluding diaryl/α,β-unsaturated/α-hetero) is 1. The number of amidine groups is 1. The standard InChI is InChI=1S/C25H31BrFN3O4/c1-7-33-19-11-15-12-30(24(29-26)20(15)21(27)23(19)34-8-2)13-18(31)14-9-16(25(3,4)5)22(32-6)17(28)10-14/h9-11H,7-8,12-13,28H2,1-6H3/b29-24-. The van der Waals surface area contributed by atoms with E-state index in [-0.39, 0.29) is 30.1 Å². The molecule has 1 aliphatic rings. The van der Waals surface area contributed by atoms with Gasteiger partial charge in [0.15, 0.2) is 23.1 Å². The van der Waals surface area contributed by atoms with E-state index in [0.29, 0.717) is 52.9 Å². The van der Waals surface area contributed by atoms with Crippen LogP contribution in [0.2, 0.25) is 0 Å². The van der Waals surface area contributed by atoms with Crippen LogP contribution in [0, 0.1) is 5.82 Å². The lowest BCUT2D eigenvalue weighted by molar-refractivity contribution is 0.0963. The molecule has 34 heavy (non-hydrogen) atoms.